The van der Waals surface area contributed by atoms with Gasteiger partial charge in [0.2, 0.25) is 0 Å². The molecule has 1 aromatic carbocycles. The second kappa shape index (κ2) is 5.35. The van der Waals surface area contributed by atoms with Crippen molar-refractivity contribution in [2.75, 3.05) is 7.11 Å². The molecule has 0 spiro atoms. The first-order valence-corrected chi connectivity index (χ1v) is 5.30. The van der Waals surface area contributed by atoms with Crippen molar-refractivity contribution in [3.63, 3.8) is 0 Å². The Balaban J connectivity index is 3.45. The summed E-state index contributed by atoms with van der Waals surface area (Å²) in [5.74, 6) is -0.432. The zero-order valence-corrected chi connectivity index (χ0v) is 10.2. The zero-order chi connectivity index (χ0) is 13.0. The highest BCUT2D eigenvalue weighted by molar-refractivity contribution is 5.92. The third-order valence-corrected chi connectivity index (χ3v) is 2.83. The van der Waals surface area contributed by atoms with Crippen LogP contribution in [0.25, 0.3) is 0 Å². The lowest BCUT2D eigenvalue weighted by molar-refractivity contribution is 0.0694. The predicted octanol–water partition coefficient (Wildman–Crippen LogP) is 2.47. The van der Waals surface area contributed by atoms with E-state index in [0.717, 1.165) is 11.1 Å². The number of aryl methyl sites for hydroxylation is 1. The topological polar surface area (TPSA) is 70.3 Å². The van der Waals surface area contributed by atoms with Crippen LogP contribution in [0.15, 0.2) is 6.07 Å². The minimum absolute atomic E-state index is 0.261. The van der Waals surface area contributed by atoms with E-state index in [0.29, 0.717) is 17.7 Å². The summed E-state index contributed by atoms with van der Waals surface area (Å²) in [7, 11) is 1.51. The fourth-order valence-electron chi connectivity index (χ4n) is 1.84. The van der Waals surface area contributed by atoms with Gasteiger partial charge in [0.25, 0.3) is 0 Å². The number of methoxy groups -OCH3 is 1. The first kappa shape index (κ1) is 13.0. The van der Waals surface area contributed by atoms with Crippen LogP contribution in [0, 0.1) is 25.2 Å². The van der Waals surface area contributed by atoms with E-state index >= 15 is 0 Å². The standard InChI is InChI=1S/C13H15NO3/c1-8-7-11(17-3)10(5-4-6-14)12(9(8)2)13(15)16/h7H,4-5H2,1-3H3,(H,15,16). The van der Waals surface area contributed by atoms with Crippen LogP contribution in [-0.4, -0.2) is 18.2 Å². The van der Waals surface area contributed by atoms with Crippen molar-refractivity contribution in [3.8, 4) is 11.8 Å². The Bertz CT molecular complexity index is 486. The third-order valence-electron chi connectivity index (χ3n) is 2.83. The lowest BCUT2D eigenvalue weighted by Gasteiger charge is -2.15. The van der Waals surface area contributed by atoms with Crippen molar-refractivity contribution in [2.24, 2.45) is 0 Å². The van der Waals surface area contributed by atoms with E-state index in [9.17, 15) is 9.90 Å². The van der Waals surface area contributed by atoms with Crippen LogP contribution in [0.5, 0.6) is 5.75 Å². The highest BCUT2D eigenvalue weighted by Crippen LogP contribution is 2.29. The van der Waals surface area contributed by atoms with Crippen molar-refractivity contribution in [1.82, 2.24) is 0 Å². The lowest BCUT2D eigenvalue weighted by atomic mass is 9.94. The van der Waals surface area contributed by atoms with E-state index in [2.05, 4.69) is 0 Å². The van der Waals surface area contributed by atoms with Gasteiger partial charge in [0.15, 0.2) is 0 Å². The molecule has 0 aliphatic heterocycles. The average Bonchev–Trinajstić information content (AvgIpc) is 2.29. The normalized spacial score (nSPS) is 9.76. The third kappa shape index (κ3) is 2.56. The van der Waals surface area contributed by atoms with Gasteiger partial charge in [0.1, 0.15) is 5.75 Å². The number of carboxylic acid groups (broad SMARTS) is 1. The molecule has 1 rings (SSSR count). The molecule has 0 amide bonds. The molecule has 1 aromatic rings. The maximum atomic E-state index is 11.3. The second-order valence-corrected chi connectivity index (χ2v) is 3.84. The molecule has 0 saturated carbocycles. The van der Waals surface area contributed by atoms with Gasteiger partial charge in [0.05, 0.1) is 18.7 Å². The Morgan fingerprint density at radius 1 is 1.53 bits per heavy atom. The van der Waals surface area contributed by atoms with Crippen molar-refractivity contribution in [3.05, 3.63) is 28.3 Å². The van der Waals surface area contributed by atoms with Gasteiger partial charge in [-0.25, -0.2) is 4.79 Å². The molecule has 0 atom stereocenters. The molecule has 4 nitrogen and oxygen atoms in total. The summed E-state index contributed by atoms with van der Waals surface area (Å²) in [6.07, 6.45) is 0.668. The van der Waals surface area contributed by atoms with Gasteiger partial charge in [-0.1, -0.05) is 0 Å². The summed E-state index contributed by atoms with van der Waals surface area (Å²) in [5.41, 5.74) is 2.47. The number of rotatable bonds is 4. The molecule has 0 aliphatic rings. The smallest absolute Gasteiger partial charge is 0.336 e. The highest BCUT2D eigenvalue weighted by Gasteiger charge is 2.19. The molecule has 0 heterocycles. The summed E-state index contributed by atoms with van der Waals surface area (Å²) in [6.45, 7) is 3.62. The Morgan fingerprint density at radius 3 is 2.65 bits per heavy atom. The molecule has 0 aromatic heterocycles. The van der Waals surface area contributed by atoms with Crippen LogP contribution in [0.1, 0.15) is 33.5 Å². The molecule has 0 fully saturated rings. The predicted molar refractivity (Wildman–Crippen MR) is 63.4 cm³/mol. The summed E-state index contributed by atoms with van der Waals surface area (Å²) in [4.78, 5) is 11.3. The molecule has 0 unspecified atom stereocenters. The molecule has 0 aliphatic carbocycles. The quantitative estimate of drug-likeness (QED) is 0.867. The van der Waals surface area contributed by atoms with Gasteiger partial charge in [-0.3, -0.25) is 0 Å². The first-order chi connectivity index (χ1) is 8.02. The van der Waals surface area contributed by atoms with Gasteiger partial charge < -0.3 is 9.84 Å². The van der Waals surface area contributed by atoms with E-state index in [1.54, 1.807) is 6.92 Å². The van der Waals surface area contributed by atoms with Gasteiger partial charge >= 0.3 is 5.97 Å². The number of carbonyl (C=O) groups is 1. The fourth-order valence-corrected chi connectivity index (χ4v) is 1.84. The number of aromatic carboxylic acids is 1. The SMILES string of the molecule is COc1cc(C)c(C)c(C(=O)O)c1CCC#N. The molecule has 0 bridgehead atoms. The lowest BCUT2D eigenvalue weighted by Crippen LogP contribution is -2.09. The maximum absolute atomic E-state index is 11.3. The number of nitriles is 1. The minimum Gasteiger partial charge on any atom is -0.496 e. The Hall–Kier alpha value is -2.02. The van der Waals surface area contributed by atoms with E-state index in [-0.39, 0.29) is 12.0 Å². The zero-order valence-electron chi connectivity index (χ0n) is 10.2. The molecule has 0 saturated heterocycles. The Kier molecular flexibility index (Phi) is 4.11. The maximum Gasteiger partial charge on any atom is 0.336 e. The molecule has 17 heavy (non-hydrogen) atoms. The number of ether oxygens (including phenoxy) is 1. The van der Waals surface area contributed by atoms with E-state index in [1.165, 1.54) is 7.11 Å². The van der Waals surface area contributed by atoms with Crippen LogP contribution >= 0.6 is 0 Å². The van der Waals surface area contributed by atoms with Gasteiger partial charge in [0, 0.05) is 12.0 Å². The molecule has 0 radical (unpaired) electrons. The van der Waals surface area contributed by atoms with Gasteiger partial charge in [-0.2, -0.15) is 5.26 Å². The second-order valence-electron chi connectivity index (χ2n) is 3.84. The highest BCUT2D eigenvalue weighted by atomic mass is 16.5. The number of nitrogens with zero attached hydrogens (tertiary/aromatic N) is 1. The molecule has 1 N–H and O–H groups in total. The number of hydrogen-bond donors (Lipinski definition) is 1. The molecule has 90 valence electrons. The molecular formula is C13H15NO3. The van der Waals surface area contributed by atoms with E-state index < -0.39 is 5.97 Å². The largest absolute Gasteiger partial charge is 0.496 e. The van der Waals surface area contributed by atoms with Crippen molar-refractivity contribution >= 4 is 5.97 Å². The molecular weight excluding hydrogens is 218 g/mol. The van der Waals surface area contributed by atoms with E-state index in [4.69, 9.17) is 10.00 Å². The number of carboxylic acids is 1. The summed E-state index contributed by atoms with van der Waals surface area (Å²) < 4.78 is 5.20. The van der Waals surface area contributed by atoms with Crippen LogP contribution in [-0.2, 0) is 6.42 Å². The summed E-state index contributed by atoms with van der Waals surface area (Å²) >= 11 is 0. The summed E-state index contributed by atoms with van der Waals surface area (Å²) in [5, 5.41) is 17.9. The number of benzene rings is 1. The Morgan fingerprint density at radius 2 is 2.18 bits per heavy atom. The monoisotopic (exact) mass is 233 g/mol. The van der Waals surface area contributed by atoms with Crippen molar-refractivity contribution < 1.29 is 14.6 Å². The van der Waals surface area contributed by atoms with E-state index in [1.807, 2.05) is 19.1 Å². The van der Waals surface area contributed by atoms with Gasteiger partial charge in [-0.15, -0.1) is 0 Å². The average molecular weight is 233 g/mol. The summed E-state index contributed by atoms with van der Waals surface area (Å²) in [6, 6.07) is 3.83. The van der Waals surface area contributed by atoms with Crippen molar-refractivity contribution in [2.45, 2.75) is 26.7 Å². The van der Waals surface area contributed by atoms with Gasteiger partial charge in [-0.05, 0) is 37.5 Å². The first-order valence-electron chi connectivity index (χ1n) is 5.30. The van der Waals surface area contributed by atoms with Crippen LogP contribution < -0.4 is 4.74 Å². The van der Waals surface area contributed by atoms with Crippen LogP contribution in [0.4, 0.5) is 0 Å². The fraction of sp³-hybridized carbons (Fsp3) is 0.385. The van der Waals surface area contributed by atoms with Crippen LogP contribution in [0.3, 0.4) is 0 Å². The minimum atomic E-state index is -0.975. The van der Waals surface area contributed by atoms with Crippen LogP contribution in [0.2, 0.25) is 0 Å². The van der Waals surface area contributed by atoms with Crippen molar-refractivity contribution in [1.29, 1.82) is 5.26 Å². The Labute approximate surface area is 100 Å². The number of hydrogen-bond acceptors (Lipinski definition) is 3. The molecule has 4 heteroatoms.